The lowest BCUT2D eigenvalue weighted by Gasteiger charge is -2.38. The molecule has 1 aliphatic rings. The van der Waals surface area contributed by atoms with Crippen LogP contribution in [0.25, 0.3) is 0 Å². The molecule has 3 atom stereocenters. The number of likely N-dealkylation sites (tertiary alicyclic amines) is 1. The molecule has 0 saturated carbocycles. The van der Waals surface area contributed by atoms with Gasteiger partial charge < -0.3 is 14.3 Å². The number of piperidine rings is 1. The molecule has 2 heterocycles. The van der Waals surface area contributed by atoms with Crippen LogP contribution in [0.4, 0.5) is 0 Å². The van der Waals surface area contributed by atoms with E-state index in [4.69, 9.17) is 9.15 Å². The molecule has 20 heavy (non-hydrogen) atoms. The molecule has 1 aromatic heterocycles. The molecule has 0 spiro atoms. The van der Waals surface area contributed by atoms with Crippen molar-refractivity contribution in [1.82, 2.24) is 4.90 Å². The van der Waals surface area contributed by atoms with Crippen LogP contribution in [0.3, 0.4) is 0 Å². The maximum Gasteiger partial charge on any atom is 0.121 e. The number of ether oxygens (including phenoxy) is 1. The molecule has 0 aromatic carbocycles. The normalized spacial score (nSPS) is 25.8. The molecule has 1 aromatic rings. The van der Waals surface area contributed by atoms with Gasteiger partial charge in [-0.1, -0.05) is 6.92 Å². The summed E-state index contributed by atoms with van der Waals surface area (Å²) < 4.78 is 11.1. The molecule has 1 aliphatic heterocycles. The number of hydrogen-bond acceptors (Lipinski definition) is 4. The molecule has 0 unspecified atom stereocenters. The number of aryl methyl sites for hydroxylation is 1. The van der Waals surface area contributed by atoms with Gasteiger partial charge in [-0.25, -0.2) is 0 Å². The van der Waals surface area contributed by atoms with Crippen LogP contribution < -0.4 is 0 Å². The first kappa shape index (κ1) is 15.5. The average Bonchev–Trinajstić information content (AvgIpc) is 2.85. The van der Waals surface area contributed by atoms with Crippen molar-refractivity contribution in [2.75, 3.05) is 26.3 Å². The summed E-state index contributed by atoms with van der Waals surface area (Å²) >= 11 is 0. The Bertz CT molecular complexity index is 404. The summed E-state index contributed by atoms with van der Waals surface area (Å²) in [5.74, 6) is 2.68. The van der Waals surface area contributed by atoms with E-state index in [-0.39, 0.29) is 6.04 Å². The van der Waals surface area contributed by atoms with Crippen LogP contribution in [0, 0.1) is 12.8 Å². The van der Waals surface area contributed by atoms with Crippen LogP contribution in [0.5, 0.6) is 0 Å². The summed E-state index contributed by atoms with van der Waals surface area (Å²) in [5.41, 5.74) is 0. The molecular formula is C16H27NO3. The van der Waals surface area contributed by atoms with Crippen molar-refractivity contribution in [2.24, 2.45) is 5.92 Å². The molecule has 4 heteroatoms. The fourth-order valence-electron chi connectivity index (χ4n) is 2.91. The van der Waals surface area contributed by atoms with Crippen molar-refractivity contribution >= 4 is 0 Å². The molecule has 1 fully saturated rings. The lowest BCUT2D eigenvalue weighted by molar-refractivity contribution is -0.00326. The van der Waals surface area contributed by atoms with E-state index in [9.17, 15) is 5.11 Å². The van der Waals surface area contributed by atoms with E-state index in [2.05, 4.69) is 17.9 Å². The molecular weight excluding hydrogens is 254 g/mol. The van der Waals surface area contributed by atoms with Gasteiger partial charge in [-0.2, -0.15) is 0 Å². The fourth-order valence-corrected chi connectivity index (χ4v) is 2.91. The van der Waals surface area contributed by atoms with E-state index < -0.39 is 6.10 Å². The number of furan rings is 1. The summed E-state index contributed by atoms with van der Waals surface area (Å²) in [5, 5.41) is 10.1. The fraction of sp³-hybridized carbons (Fsp3) is 0.750. The Balaban J connectivity index is 2.00. The zero-order valence-electron chi connectivity index (χ0n) is 12.8. The van der Waals surface area contributed by atoms with Crippen molar-refractivity contribution in [3.05, 3.63) is 23.7 Å². The monoisotopic (exact) mass is 281 g/mol. The predicted molar refractivity (Wildman–Crippen MR) is 78.7 cm³/mol. The first-order valence-electron chi connectivity index (χ1n) is 7.66. The van der Waals surface area contributed by atoms with Gasteiger partial charge in [0.15, 0.2) is 0 Å². The first-order chi connectivity index (χ1) is 9.60. The van der Waals surface area contributed by atoms with Gasteiger partial charge in [0.1, 0.15) is 11.5 Å². The maximum absolute atomic E-state index is 10.1. The highest BCUT2D eigenvalue weighted by Crippen LogP contribution is 2.34. The van der Waals surface area contributed by atoms with Crippen molar-refractivity contribution in [3.8, 4) is 0 Å². The summed E-state index contributed by atoms with van der Waals surface area (Å²) in [6, 6.07) is 4.37. The van der Waals surface area contributed by atoms with Gasteiger partial charge in [0.25, 0.3) is 0 Å². The van der Waals surface area contributed by atoms with E-state index in [1.54, 1.807) is 0 Å². The number of aliphatic hydroxyl groups is 1. The van der Waals surface area contributed by atoms with Gasteiger partial charge in [-0.05, 0) is 51.3 Å². The van der Waals surface area contributed by atoms with Crippen LogP contribution in [0.2, 0.25) is 0 Å². The second-order valence-electron chi connectivity index (χ2n) is 5.90. The lowest BCUT2D eigenvalue weighted by atomic mass is 9.91. The van der Waals surface area contributed by atoms with Crippen LogP contribution in [-0.4, -0.2) is 42.4 Å². The van der Waals surface area contributed by atoms with E-state index in [1.165, 1.54) is 6.42 Å². The molecule has 0 radical (unpaired) electrons. The number of hydrogen-bond donors (Lipinski definition) is 1. The van der Waals surface area contributed by atoms with Gasteiger partial charge in [0.2, 0.25) is 0 Å². The molecule has 1 saturated heterocycles. The standard InChI is InChI=1S/C16H27NO3/c1-4-19-11-14(18)10-17-8-7-12(2)9-15(17)16-6-5-13(3)20-16/h5-6,12,14-15,18H,4,7-11H2,1-3H3/t12-,14+,15+/m0/s1. The van der Waals surface area contributed by atoms with Gasteiger partial charge >= 0.3 is 0 Å². The highest BCUT2D eigenvalue weighted by Gasteiger charge is 2.30. The largest absolute Gasteiger partial charge is 0.465 e. The molecule has 0 aliphatic carbocycles. The molecule has 114 valence electrons. The third-order valence-corrected chi connectivity index (χ3v) is 4.02. The minimum Gasteiger partial charge on any atom is -0.465 e. The van der Waals surface area contributed by atoms with Crippen LogP contribution >= 0.6 is 0 Å². The Kier molecular flexibility index (Phi) is 5.64. The Morgan fingerprint density at radius 3 is 2.95 bits per heavy atom. The zero-order chi connectivity index (χ0) is 14.5. The summed E-state index contributed by atoms with van der Waals surface area (Å²) in [4.78, 5) is 2.34. The number of rotatable bonds is 6. The first-order valence-corrected chi connectivity index (χ1v) is 7.66. The van der Waals surface area contributed by atoms with E-state index in [0.717, 1.165) is 24.5 Å². The second-order valence-corrected chi connectivity index (χ2v) is 5.90. The smallest absolute Gasteiger partial charge is 0.121 e. The summed E-state index contributed by atoms with van der Waals surface area (Å²) in [6.07, 6.45) is 1.84. The number of β-amino-alcohol motifs (C(OH)–C–C–N with tert-alkyl or cyclic N) is 1. The highest BCUT2D eigenvalue weighted by atomic mass is 16.5. The average molecular weight is 281 g/mol. The number of aliphatic hydroxyl groups excluding tert-OH is 1. The lowest BCUT2D eigenvalue weighted by Crippen LogP contribution is -2.42. The minimum atomic E-state index is -0.429. The molecule has 1 N–H and O–H groups in total. The van der Waals surface area contributed by atoms with Crippen LogP contribution in [0.1, 0.15) is 44.3 Å². The second kappa shape index (κ2) is 7.25. The van der Waals surface area contributed by atoms with Crippen LogP contribution in [-0.2, 0) is 4.74 Å². The van der Waals surface area contributed by atoms with Gasteiger partial charge in [0.05, 0.1) is 18.8 Å². The quantitative estimate of drug-likeness (QED) is 0.871. The molecule has 0 amide bonds. The molecule has 2 rings (SSSR count). The van der Waals surface area contributed by atoms with Gasteiger partial charge in [0, 0.05) is 13.2 Å². The summed E-state index contributed by atoms with van der Waals surface area (Å²) in [7, 11) is 0. The zero-order valence-corrected chi connectivity index (χ0v) is 12.8. The van der Waals surface area contributed by atoms with Gasteiger partial charge in [-0.15, -0.1) is 0 Å². The van der Waals surface area contributed by atoms with Crippen molar-refractivity contribution in [2.45, 2.75) is 45.8 Å². The Morgan fingerprint density at radius 1 is 1.50 bits per heavy atom. The molecule has 4 nitrogen and oxygen atoms in total. The van der Waals surface area contributed by atoms with Crippen LogP contribution in [0.15, 0.2) is 16.5 Å². The predicted octanol–water partition coefficient (Wildman–Crippen LogP) is 2.76. The van der Waals surface area contributed by atoms with Crippen molar-refractivity contribution in [1.29, 1.82) is 0 Å². The third kappa shape index (κ3) is 4.08. The Labute approximate surface area is 121 Å². The van der Waals surface area contributed by atoms with Gasteiger partial charge in [-0.3, -0.25) is 4.90 Å². The summed E-state index contributed by atoms with van der Waals surface area (Å²) in [6.45, 7) is 8.93. The Morgan fingerprint density at radius 2 is 2.30 bits per heavy atom. The van der Waals surface area contributed by atoms with E-state index >= 15 is 0 Å². The number of nitrogens with zero attached hydrogens (tertiary/aromatic N) is 1. The topological polar surface area (TPSA) is 45.8 Å². The van der Waals surface area contributed by atoms with Crippen molar-refractivity contribution in [3.63, 3.8) is 0 Å². The minimum absolute atomic E-state index is 0.281. The highest BCUT2D eigenvalue weighted by molar-refractivity contribution is 5.11. The Hall–Kier alpha value is -0.840. The molecule has 0 bridgehead atoms. The van der Waals surface area contributed by atoms with E-state index in [1.807, 2.05) is 19.9 Å². The van der Waals surface area contributed by atoms with Crippen molar-refractivity contribution < 1.29 is 14.3 Å². The van der Waals surface area contributed by atoms with E-state index in [0.29, 0.717) is 25.7 Å². The maximum atomic E-state index is 10.1. The third-order valence-electron chi connectivity index (χ3n) is 4.02. The SMILES string of the molecule is CCOC[C@H](O)CN1CC[C@H](C)C[C@@H]1c1ccc(C)o1.